The van der Waals surface area contributed by atoms with E-state index in [0.717, 1.165) is 39.0 Å². The largest absolute Gasteiger partial charge is 0.342 e. The van der Waals surface area contributed by atoms with Crippen LogP contribution in [0.1, 0.15) is 46.0 Å². The van der Waals surface area contributed by atoms with Gasteiger partial charge in [0.2, 0.25) is 5.91 Å². The maximum atomic E-state index is 12.3. The van der Waals surface area contributed by atoms with Crippen LogP contribution < -0.4 is 5.32 Å². The first kappa shape index (κ1) is 15.8. The third kappa shape index (κ3) is 3.61. The number of amides is 1. The summed E-state index contributed by atoms with van der Waals surface area (Å²) in [7, 11) is 0. The molecule has 0 aromatic rings. The summed E-state index contributed by atoms with van der Waals surface area (Å²) >= 11 is 0. The maximum Gasteiger partial charge on any atom is 0.226 e. The summed E-state index contributed by atoms with van der Waals surface area (Å²) in [5, 5.41) is 3.33. The lowest BCUT2D eigenvalue weighted by Crippen LogP contribution is -2.47. The minimum Gasteiger partial charge on any atom is -0.342 e. The Morgan fingerprint density at radius 2 is 2.06 bits per heavy atom. The number of hydrogen-bond donors (Lipinski definition) is 1. The van der Waals surface area contributed by atoms with Crippen molar-refractivity contribution in [3.8, 4) is 0 Å². The van der Waals surface area contributed by atoms with Crippen molar-refractivity contribution < 1.29 is 4.79 Å². The van der Waals surface area contributed by atoms with Crippen molar-refractivity contribution in [2.24, 2.45) is 11.3 Å². The fourth-order valence-corrected chi connectivity index (χ4v) is 2.94. The molecule has 1 N–H and O–H groups in total. The van der Waals surface area contributed by atoms with Gasteiger partial charge >= 0.3 is 0 Å². The van der Waals surface area contributed by atoms with Gasteiger partial charge in [-0.2, -0.15) is 0 Å². The maximum absolute atomic E-state index is 12.3. The van der Waals surface area contributed by atoms with Gasteiger partial charge in [0.25, 0.3) is 0 Å². The molecule has 0 aliphatic carbocycles. The molecule has 1 amide bonds. The normalized spacial score (nSPS) is 27.4. The highest BCUT2D eigenvalue weighted by molar-refractivity contribution is 5.85. The van der Waals surface area contributed by atoms with Crippen molar-refractivity contribution in [1.29, 1.82) is 0 Å². The highest BCUT2D eigenvalue weighted by Crippen LogP contribution is 2.34. The molecule has 18 heavy (non-hydrogen) atoms. The van der Waals surface area contributed by atoms with Crippen LogP contribution in [0.25, 0.3) is 0 Å². The molecule has 0 radical (unpaired) electrons. The summed E-state index contributed by atoms with van der Waals surface area (Å²) in [4.78, 5) is 14.4. The summed E-state index contributed by atoms with van der Waals surface area (Å²) in [5.74, 6) is 0.644. The van der Waals surface area contributed by atoms with Gasteiger partial charge in [0.1, 0.15) is 0 Å². The van der Waals surface area contributed by atoms with Gasteiger partial charge in [-0.15, -0.1) is 12.4 Å². The smallest absolute Gasteiger partial charge is 0.226 e. The SMILES string of the molecule is CCC1(C)CCN(C(=O)C2CCCNC2)CC1.Cl. The molecular weight excluding hydrogens is 248 g/mol. The van der Waals surface area contributed by atoms with E-state index < -0.39 is 0 Å². The summed E-state index contributed by atoms with van der Waals surface area (Å²) in [5.41, 5.74) is 0.474. The predicted octanol–water partition coefficient (Wildman–Crippen LogP) is 2.45. The zero-order valence-corrected chi connectivity index (χ0v) is 12.5. The molecular formula is C14H27ClN2O. The van der Waals surface area contributed by atoms with Gasteiger partial charge < -0.3 is 10.2 Å². The zero-order chi connectivity index (χ0) is 12.3. The Balaban J connectivity index is 0.00000162. The van der Waals surface area contributed by atoms with Crippen LogP contribution in [0.2, 0.25) is 0 Å². The fourth-order valence-electron chi connectivity index (χ4n) is 2.94. The van der Waals surface area contributed by atoms with Crippen molar-refractivity contribution in [1.82, 2.24) is 10.2 Å². The minimum absolute atomic E-state index is 0. The van der Waals surface area contributed by atoms with Crippen LogP contribution in [-0.4, -0.2) is 37.0 Å². The molecule has 106 valence electrons. The van der Waals surface area contributed by atoms with Crippen molar-refractivity contribution >= 4 is 18.3 Å². The summed E-state index contributed by atoms with van der Waals surface area (Å²) in [6.07, 6.45) is 5.81. The van der Waals surface area contributed by atoms with Gasteiger partial charge in [-0.1, -0.05) is 20.3 Å². The molecule has 4 heteroatoms. The number of nitrogens with zero attached hydrogens (tertiary/aromatic N) is 1. The molecule has 2 fully saturated rings. The van der Waals surface area contributed by atoms with Crippen LogP contribution >= 0.6 is 12.4 Å². The van der Waals surface area contributed by atoms with E-state index in [-0.39, 0.29) is 18.3 Å². The quantitative estimate of drug-likeness (QED) is 0.839. The predicted molar refractivity (Wildman–Crippen MR) is 77.1 cm³/mol. The Morgan fingerprint density at radius 1 is 1.39 bits per heavy atom. The monoisotopic (exact) mass is 274 g/mol. The Morgan fingerprint density at radius 3 is 2.56 bits per heavy atom. The average molecular weight is 275 g/mol. The summed E-state index contributed by atoms with van der Waals surface area (Å²) < 4.78 is 0. The number of halogens is 1. The molecule has 0 aromatic carbocycles. The van der Waals surface area contributed by atoms with Gasteiger partial charge in [-0.25, -0.2) is 0 Å². The van der Waals surface area contributed by atoms with E-state index >= 15 is 0 Å². The second kappa shape index (κ2) is 6.76. The van der Waals surface area contributed by atoms with Gasteiger partial charge in [0.15, 0.2) is 0 Å². The molecule has 0 saturated carbocycles. The Labute approximate surface area is 117 Å². The second-order valence-corrected chi connectivity index (χ2v) is 6.03. The number of carbonyl (C=O) groups is 1. The van der Waals surface area contributed by atoms with E-state index in [1.54, 1.807) is 0 Å². The van der Waals surface area contributed by atoms with Crippen molar-refractivity contribution in [3.05, 3.63) is 0 Å². The van der Waals surface area contributed by atoms with E-state index in [4.69, 9.17) is 0 Å². The van der Waals surface area contributed by atoms with Gasteiger partial charge in [0, 0.05) is 19.6 Å². The molecule has 3 nitrogen and oxygen atoms in total. The number of carbonyl (C=O) groups excluding carboxylic acids is 1. The third-order valence-electron chi connectivity index (χ3n) is 4.78. The molecule has 0 bridgehead atoms. The van der Waals surface area contributed by atoms with E-state index in [1.807, 2.05) is 0 Å². The summed E-state index contributed by atoms with van der Waals surface area (Å²) in [6.45, 7) is 8.54. The molecule has 0 spiro atoms. The number of piperidine rings is 2. The first-order valence-electron chi connectivity index (χ1n) is 7.14. The fraction of sp³-hybridized carbons (Fsp3) is 0.929. The van der Waals surface area contributed by atoms with Crippen molar-refractivity contribution in [2.75, 3.05) is 26.2 Å². The molecule has 2 saturated heterocycles. The van der Waals surface area contributed by atoms with E-state index in [1.165, 1.54) is 19.3 Å². The summed E-state index contributed by atoms with van der Waals surface area (Å²) in [6, 6.07) is 0. The topological polar surface area (TPSA) is 32.3 Å². The van der Waals surface area contributed by atoms with Crippen LogP contribution in [0.3, 0.4) is 0 Å². The highest BCUT2D eigenvalue weighted by Gasteiger charge is 2.33. The molecule has 2 aliphatic heterocycles. The van der Waals surface area contributed by atoms with Gasteiger partial charge in [0.05, 0.1) is 5.92 Å². The van der Waals surface area contributed by atoms with E-state index in [2.05, 4.69) is 24.1 Å². The van der Waals surface area contributed by atoms with Crippen LogP contribution in [0.15, 0.2) is 0 Å². The number of rotatable bonds is 2. The zero-order valence-electron chi connectivity index (χ0n) is 11.7. The minimum atomic E-state index is 0. The van der Waals surface area contributed by atoms with Crippen LogP contribution in [-0.2, 0) is 4.79 Å². The van der Waals surface area contributed by atoms with Crippen molar-refractivity contribution in [3.63, 3.8) is 0 Å². The standard InChI is InChI=1S/C14H26N2O.ClH/c1-3-14(2)6-9-16(10-7-14)13(17)12-5-4-8-15-11-12;/h12,15H,3-11H2,1-2H3;1H. The molecule has 2 rings (SSSR count). The number of hydrogen-bond acceptors (Lipinski definition) is 2. The lowest BCUT2D eigenvalue weighted by molar-refractivity contribution is -0.138. The average Bonchev–Trinajstić information content (AvgIpc) is 2.40. The Bertz CT molecular complexity index is 269. The Kier molecular flexibility index (Phi) is 5.93. The van der Waals surface area contributed by atoms with Crippen LogP contribution in [0.4, 0.5) is 0 Å². The van der Waals surface area contributed by atoms with Crippen LogP contribution in [0, 0.1) is 11.3 Å². The van der Waals surface area contributed by atoms with Gasteiger partial charge in [-0.05, 0) is 37.6 Å². The highest BCUT2D eigenvalue weighted by atomic mass is 35.5. The first-order chi connectivity index (χ1) is 8.14. The Hall–Kier alpha value is -0.280. The second-order valence-electron chi connectivity index (χ2n) is 6.03. The van der Waals surface area contributed by atoms with Gasteiger partial charge in [-0.3, -0.25) is 4.79 Å². The molecule has 1 unspecified atom stereocenters. The van der Waals surface area contributed by atoms with Crippen LogP contribution in [0.5, 0.6) is 0 Å². The first-order valence-corrected chi connectivity index (χ1v) is 7.14. The molecule has 1 atom stereocenters. The number of nitrogens with one attached hydrogen (secondary N) is 1. The van der Waals surface area contributed by atoms with E-state index in [9.17, 15) is 4.79 Å². The van der Waals surface area contributed by atoms with E-state index in [0.29, 0.717) is 11.3 Å². The lowest BCUT2D eigenvalue weighted by Gasteiger charge is -2.40. The number of likely N-dealkylation sites (tertiary alicyclic amines) is 1. The lowest BCUT2D eigenvalue weighted by atomic mass is 9.78. The molecule has 2 heterocycles. The molecule has 0 aromatic heterocycles. The molecule has 2 aliphatic rings. The third-order valence-corrected chi connectivity index (χ3v) is 4.78. The van der Waals surface area contributed by atoms with Crippen molar-refractivity contribution in [2.45, 2.75) is 46.0 Å².